The molecule has 0 saturated carbocycles. The summed E-state index contributed by atoms with van der Waals surface area (Å²) in [6.07, 6.45) is 0. The van der Waals surface area contributed by atoms with E-state index in [0.29, 0.717) is 54.5 Å². The third kappa shape index (κ3) is 3.90. The molecule has 4 rings (SSSR count). The highest BCUT2D eigenvalue weighted by atomic mass is 35.5. The smallest absolute Gasteiger partial charge is 0.357 e. The molecule has 3 aromatic rings. The van der Waals surface area contributed by atoms with Crippen molar-refractivity contribution in [2.24, 2.45) is 0 Å². The third-order valence-electron chi connectivity index (χ3n) is 5.59. The SMILES string of the molecule is CCOC(=O)c1c(N2CCOCC2)c2c(Cl)c(F)ccc2n1-c1cccc(C(C)C)c1. The van der Waals surface area contributed by atoms with E-state index in [1.807, 2.05) is 27.7 Å². The number of rotatable bonds is 5. The molecule has 1 aliphatic rings. The summed E-state index contributed by atoms with van der Waals surface area (Å²) in [6.45, 7) is 8.42. The van der Waals surface area contributed by atoms with E-state index in [4.69, 9.17) is 21.1 Å². The van der Waals surface area contributed by atoms with Crippen molar-refractivity contribution in [3.8, 4) is 5.69 Å². The van der Waals surface area contributed by atoms with Crippen LogP contribution in [-0.2, 0) is 9.47 Å². The molecule has 2 heterocycles. The monoisotopic (exact) mass is 444 g/mol. The number of nitrogens with zero attached hydrogens (tertiary/aromatic N) is 2. The number of hydrogen-bond acceptors (Lipinski definition) is 4. The van der Waals surface area contributed by atoms with Gasteiger partial charge in [0.1, 0.15) is 5.82 Å². The molecule has 0 bridgehead atoms. The van der Waals surface area contributed by atoms with Crippen molar-refractivity contribution in [2.75, 3.05) is 37.8 Å². The highest BCUT2D eigenvalue weighted by molar-refractivity contribution is 6.37. The van der Waals surface area contributed by atoms with Gasteiger partial charge in [-0.3, -0.25) is 0 Å². The number of hydrogen-bond donors (Lipinski definition) is 0. The van der Waals surface area contributed by atoms with E-state index in [1.165, 1.54) is 6.07 Å². The molecule has 0 atom stereocenters. The van der Waals surface area contributed by atoms with E-state index in [0.717, 1.165) is 11.3 Å². The molecule has 0 aliphatic carbocycles. The van der Waals surface area contributed by atoms with Crippen molar-refractivity contribution in [1.82, 2.24) is 4.57 Å². The number of halogens is 2. The van der Waals surface area contributed by atoms with Crippen LogP contribution < -0.4 is 4.90 Å². The molecular formula is C24H26ClFN2O3. The molecule has 2 aromatic carbocycles. The van der Waals surface area contributed by atoms with Crippen LogP contribution in [0.1, 0.15) is 42.7 Å². The lowest BCUT2D eigenvalue weighted by Crippen LogP contribution is -2.37. The second kappa shape index (κ2) is 8.89. The summed E-state index contributed by atoms with van der Waals surface area (Å²) in [5.41, 5.74) is 3.55. The van der Waals surface area contributed by atoms with Crippen LogP contribution in [-0.4, -0.2) is 43.4 Å². The minimum Gasteiger partial charge on any atom is -0.461 e. The number of carbonyl (C=O) groups excluding carboxylic acids is 1. The second-order valence-corrected chi connectivity index (χ2v) is 8.24. The first-order valence-electron chi connectivity index (χ1n) is 10.6. The number of fused-ring (bicyclic) bond motifs is 1. The molecule has 164 valence electrons. The molecule has 7 heteroatoms. The van der Waals surface area contributed by atoms with E-state index in [2.05, 4.69) is 19.9 Å². The Morgan fingerprint density at radius 1 is 1.23 bits per heavy atom. The molecule has 0 amide bonds. The van der Waals surface area contributed by atoms with Gasteiger partial charge < -0.3 is 18.9 Å². The van der Waals surface area contributed by atoms with E-state index in [9.17, 15) is 9.18 Å². The Morgan fingerprint density at radius 3 is 2.65 bits per heavy atom. The largest absolute Gasteiger partial charge is 0.461 e. The second-order valence-electron chi connectivity index (χ2n) is 7.86. The van der Waals surface area contributed by atoms with Crippen molar-refractivity contribution >= 4 is 34.2 Å². The van der Waals surface area contributed by atoms with Gasteiger partial charge in [-0.2, -0.15) is 0 Å². The van der Waals surface area contributed by atoms with Crippen molar-refractivity contribution in [2.45, 2.75) is 26.7 Å². The van der Waals surface area contributed by atoms with Gasteiger partial charge in [0, 0.05) is 24.2 Å². The van der Waals surface area contributed by atoms with Crippen molar-refractivity contribution < 1.29 is 18.7 Å². The van der Waals surface area contributed by atoms with Gasteiger partial charge in [0.15, 0.2) is 5.69 Å². The van der Waals surface area contributed by atoms with Crippen molar-refractivity contribution in [1.29, 1.82) is 0 Å². The summed E-state index contributed by atoms with van der Waals surface area (Å²) in [6, 6.07) is 11.0. The first-order valence-corrected chi connectivity index (χ1v) is 10.9. The first kappa shape index (κ1) is 21.7. The van der Waals surface area contributed by atoms with Gasteiger partial charge in [-0.15, -0.1) is 0 Å². The lowest BCUT2D eigenvalue weighted by Gasteiger charge is -2.29. The number of esters is 1. The highest BCUT2D eigenvalue weighted by Gasteiger charge is 2.31. The Bertz CT molecular complexity index is 1120. The predicted octanol–water partition coefficient (Wildman–Crippen LogP) is 5.56. The maximum atomic E-state index is 14.6. The lowest BCUT2D eigenvalue weighted by molar-refractivity contribution is 0.0517. The Labute approximate surface area is 186 Å². The van der Waals surface area contributed by atoms with E-state index in [1.54, 1.807) is 13.0 Å². The zero-order valence-corrected chi connectivity index (χ0v) is 18.7. The summed E-state index contributed by atoms with van der Waals surface area (Å²) < 4.78 is 27.3. The Balaban J connectivity index is 2.09. The quantitative estimate of drug-likeness (QED) is 0.483. The van der Waals surface area contributed by atoms with Crippen LogP contribution in [0.3, 0.4) is 0 Å². The average molecular weight is 445 g/mol. The molecule has 5 nitrogen and oxygen atoms in total. The van der Waals surface area contributed by atoms with E-state index in [-0.39, 0.29) is 11.6 Å². The highest BCUT2D eigenvalue weighted by Crippen LogP contribution is 2.42. The van der Waals surface area contributed by atoms with Gasteiger partial charge >= 0.3 is 5.97 Å². The molecule has 1 aliphatic heterocycles. The van der Waals surface area contributed by atoms with Crippen molar-refractivity contribution in [3.05, 3.63) is 58.5 Å². The molecule has 0 radical (unpaired) electrons. The fourth-order valence-corrected chi connectivity index (χ4v) is 4.32. The van der Waals surface area contributed by atoms with Gasteiger partial charge in [-0.25, -0.2) is 9.18 Å². The number of anilines is 1. The normalized spacial score (nSPS) is 14.5. The lowest BCUT2D eigenvalue weighted by atomic mass is 10.0. The van der Waals surface area contributed by atoms with Gasteiger partial charge in [0.25, 0.3) is 0 Å². The molecular weight excluding hydrogens is 419 g/mol. The average Bonchev–Trinajstić information content (AvgIpc) is 3.13. The zero-order chi connectivity index (χ0) is 22.1. The molecule has 0 N–H and O–H groups in total. The summed E-state index contributed by atoms with van der Waals surface area (Å²) in [5.74, 6) is -0.675. The van der Waals surface area contributed by atoms with Crippen LogP contribution in [0.5, 0.6) is 0 Å². The molecule has 0 unspecified atom stereocenters. The Kier molecular flexibility index (Phi) is 6.21. The molecule has 31 heavy (non-hydrogen) atoms. The summed E-state index contributed by atoms with van der Waals surface area (Å²) in [5, 5.41) is 0.518. The molecule has 1 fully saturated rings. The van der Waals surface area contributed by atoms with Crippen molar-refractivity contribution in [3.63, 3.8) is 0 Å². The van der Waals surface area contributed by atoms with Crippen LogP contribution in [0, 0.1) is 5.82 Å². The Hall–Kier alpha value is -2.57. The fourth-order valence-electron chi connectivity index (χ4n) is 4.07. The number of morpholine rings is 1. The standard InChI is InChI=1S/C24H26ClFN2O3/c1-4-31-24(29)23-22(27-10-12-30-13-11-27)20-19(9-8-18(26)21(20)25)28(23)17-7-5-6-16(14-17)15(2)3/h5-9,14-15H,4,10-13H2,1-3H3. The van der Waals surface area contributed by atoms with E-state index >= 15 is 0 Å². The van der Waals surface area contributed by atoms with E-state index < -0.39 is 11.8 Å². The number of carbonyl (C=O) groups is 1. The summed E-state index contributed by atoms with van der Waals surface area (Å²) >= 11 is 6.49. The topological polar surface area (TPSA) is 43.7 Å². The number of aromatic nitrogens is 1. The van der Waals surface area contributed by atoms with Crippen LogP contribution in [0.2, 0.25) is 5.02 Å². The van der Waals surface area contributed by atoms with Gasteiger partial charge in [-0.1, -0.05) is 37.6 Å². The van der Waals surface area contributed by atoms with Gasteiger partial charge in [-0.05, 0) is 42.7 Å². The predicted molar refractivity (Wildman–Crippen MR) is 121 cm³/mol. The minimum atomic E-state index is -0.521. The summed E-state index contributed by atoms with van der Waals surface area (Å²) in [7, 11) is 0. The Morgan fingerprint density at radius 2 is 1.97 bits per heavy atom. The molecule has 1 saturated heterocycles. The third-order valence-corrected chi connectivity index (χ3v) is 5.96. The summed E-state index contributed by atoms with van der Waals surface area (Å²) in [4.78, 5) is 15.3. The van der Waals surface area contributed by atoms with Crippen LogP contribution in [0.25, 0.3) is 16.6 Å². The number of benzene rings is 2. The maximum absolute atomic E-state index is 14.6. The maximum Gasteiger partial charge on any atom is 0.357 e. The van der Waals surface area contributed by atoms with Crippen LogP contribution in [0.4, 0.5) is 10.1 Å². The fraction of sp³-hybridized carbons (Fsp3) is 0.375. The van der Waals surface area contributed by atoms with Gasteiger partial charge in [0.05, 0.1) is 36.0 Å². The zero-order valence-electron chi connectivity index (χ0n) is 18.0. The van der Waals surface area contributed by atoms with Gasteiger partial charge in [0.2, 0.25) is 0 Å². The molecule has 0 spiro atoms. The first-order chi connectivity index (χ1) is 14.9. The molecule has 1 aromatic heterocycles. The van der Waals surface area contributed by atoms with Crippen LogP contribution in [0.15, 0.2) is 36.4 Å². The number of ether oxygens (including phenoxy) is 2. The van der Waals surface area contributed by atoms with Crippen LogP contribution >= 0.6 is 11.6 Å². The minimum absolute atomic E-state index is 0.00306.